The van der Waals surface area contributed by atoms with Gasteiger partial charge in [0.25, 0.3) is 0 Å². The minimum Gasteiger partial charge on any atom is -0.457 e. The van der Waals surface area contributed by atoms with Crippen LogP contribution in [-0.4, -0.2) is 18.2 Å². The van der Waals surface area contributed by atoms with E-state index in [1.165, 1.54) is 0 Å². The molecule has 0 aliphatic carbocycles. The van der Waals surface area contributed by atoms with Crippen molar-refractivity contribution in [3.8, 4) is 11.5 Å². The van der Waals surface area contributed by atoms with E-state index < -0.39 is 5.92 Å². The molecular formula is C17H18NO3P. The molecular weight excluding hydrogens is 297 g/mol. The smallest absolute Gasteiger partial charge is 0.320 e. The molecule has 0 aromatic heterocycles. The lowest BCUT2D eigenvalue weighted by Crippen LogP contribution is -2.20. The predicted molar refractivity (Wildman–Crippen MR) is 87.7 cm³/mol. The number of benzene rings is 2. The van der Waals surface area contributed by atoms with Crippen molar-refractivity contribution in [2.24, 2.45) is 5.73 Å². The van der Waals surface area contributed by atoms with Gasteiger partial charge in [-0.15, -0.1) is 0 Å². The van der Waals surface area contributed by atoms with E-state index in [4.69, 9.17) is 15.0 Å². The van der Waals surface area contributed by atoms with Crippen LogP contribution in [0.3, 0.4) is 0 Å². The Hall–Kier alpha value is -1.90. The molecule has 5 heteroatoms. The normalized spacial score (nSPS) is 15.0. The van der Waals surface area contributed by atoms with Gasteiger partial charge in [-0.05, 0) is 12.1 Å². The van der Waals surface area contributed by atoms with Crippen LogP contribution in [0.1, 0.15) is 24.0 Å². The summed E-state index contributed by atoms with van der Waals surface area (Å²) in [5.74, 6) is 0.720. The Morgan fingerprint density at radius 2 is 1.73 bits per heavy atom. The summed E-state index contributed by atoms with van der Waals surface area (Å²) >= 11 is 0. The van der Waals surface area contributed by atoms with E-state index in [9.17, 15) is 4.79 Å². The standard InChI is InChI=1S/C17H18NO3P/c1-11(10-18)22-21-17(19)16-12-6-2-4-8-14(12)20-15-9-5-3-7-13(15)16/h2-9,11,16,22H,10,18H2,1H3. The van der Waals surface area contributed by atoms with Gasteiger partial charge in [0.1, 0.15) is 17.4 Å². The van der Waals surface area contributed by atoms with Gasteiger partial charge in [-0.25, -0.2) is 0 Å². The van der Waals surface area contributed by atoms with Crippen molar-refractivity contribution in [1.82, 2.24) is 0 Å². The molecule has 2 unspecified atom stereocenters. The summed E-state index contributed by atoms with van der Waals surface area (Å²) in [7, 11) is 0.0698. The van der Waals surface area contributed by atoms with Crippen molar-refractivity contribution in [3.63, 3.8) is 0 Å². The SMILES string of the molecule is CC(CN)POC(=O)C1c2ccccc2Oc2ccccc21. The zero-order valence-corrected chi connectivity index (χ0v) is 13.3. The van der Waals surface area contributed by atoms with Crippen LogP contribution >= 0.6 is 8.81 Å². The number of nitrogens with two attached hydrogens (primary N) is 1. The molecule has 0 amide bonds. The minimum absolute atomic E-state index is 0.0698. The van der Waals surface area contributed by atoms with E-state index in [1.807, 2.05) is 55.5 Å². The third-order valence-corrected chi connectivity index (χ3v) is 4.59. The molecule has 0 saturated heterocycles. The second-order valence-electron chi connectivity index (χ2n) is 5.29. The van der Waals surface area contributed by atoms with Gasteiger partial charge in [0.05, 0.1) is 8.81 Å². The van der Waals surface area contributed by atoms with Gasteiger partial charge in [0, 0.05) is 23.3 Å². The molecule has 0 fully saturated rings. The number of carbonyl (C=O) groups excluding carboxylic acids is 1. The number of fused-ring (bicyclic) bond motifs is 2. The second kappa shape index (κ2) is 6.47. The van der Waals surface area contributed by atoms with Crippen molar-refractivity contribution in [1.29, 1.82) is 0 Å². The van der Waals surface area contributed by atoms with Crippen molar-refractivity contribution in [3.05, 3.63) is 59.7 Å². The van der Waals surface area contributed by atoms with E-state index >= 15 is 0 Å². The summed E-state index contributed by atoms with van der Waals surface area (Å²) in [6, 6.07) is 15.2. The molecule has 2 aromatic rings. The van der Waals surface area contributed by atoms with Crippen LogP contribution < -0.4 is 10.5 Å². The van der Waals surface area contributed by atoms with E-state index in [0.717, 1.165) is 11.1 Å². The van der Waals surface area contributed by atoms with Crippen LogP contribution in [0.25, 0.3) is 0 Å². The summed E-state index contributed by atoms with van der Waals surface area (Å²) in [6.07, 6.45) is 0. The first-order chi connectivity index (χ1) is 10.7. The van der Waals surface area contributed by atoms with Gasteiger partial charge in [0.15, 0.2) is 0 Å². The third kappa shape index (κ3) is 2.85. The molecule has 1 aliphatic heterocycles. The van der Waals surface area contributed by atoms with E-state index in [2.05, 4.69) is 0 Å². The summed E-state index contributed by atoms with van der Waals surface area (Å²) in [5, 5.41) is 0. The van der Waals surface area contributed by atoms with Crippen molar-refractivity contribution < 1.29 is 14.1 Å². The maximum Gasteiger partial charge on any atom is 0.320 e. The average molecular weight is 315 g/mol. The van der Waals surface area contributed by atoms with Crippen LogP contribution in [0.15, 0.2) is 48.5 Å². The molecule has 0 radical (unpaired) electrons. The zero-order valence-electron chi connectivity index (χ0n) is 12.3. The average Bonchev–Trinajstić information content (AvgIpc) is 2.57. The molecule has 1 aliphatic rings. The molecule has 2 atom stereocenters. The highest BCUT2D eigenvalue weighted by atomic mass is 31.1. The maximum atomic E-state index is 12.6. The Labute approximate surface area is 131 Å². The van der Waals surface area contributed by atoms with Crippen molar-refractivity contribution >= 4 is 14.8 Å². The molecule has 114 valence electrons. The number of para-hydroxylation sites is 2. The number of carbonyl (C=O) groups is 1. The Balaban J connectivity index is 1.94. The first-order valence-electron chi connectivity index (χ1n) is 7.22. The maximum absolute atomic E-state index is 12.6. The van der Waals surface area contributed by atoms with Gasteiger partial charge in [0.2, 0.25) is 0 Å². The summed E-state index contributed by atoms with van der Waals surface area (Å²) in [4.78, 5) is 12.6. The van der Waals surface area contributed by atoms with Gasteiger partial charge >= 0.3 is 5.97 Å². The van der Waals surface area contributed by atoms with Crippen LogP contribution in [0, 0.1) is 0 Å². The Morgan fingerprint density at radius 3 is 2.27 bits per heavy atom. The quantitative estimate of drug-likeness (QED) is 0.878. The topological polar surface area (TPSA) is 61.5 Å². The highest BCUT2D eigenvalue weighted by Gasteiger charge is 2.33. The Bertz CT molecular complexity index is 644. The molecule has 2 N–H and O–H groups in total. The molecule has 0 saturated carbocycles. The fraction of sp³-hybridized carbons (Fsp3) is 0.235. The first kappa shape index (κ1) is 15.0. The van der Waals surface area contributed by atoms with Gasteiger partial charge < -0.3 is 15.0 Å². The van der Waals surface area contributed by atoms with Gasteiger partial charge in [-0.1, -0.05) is 43.3 Å². The van der Waals surface area contributed by atoms with Crippen molar-refractivity contribution in [2.45, 2.75) is 18.5 Å². The molecule has 2 aromatic carbocycles. The van der Waals surface area contributed by atoms with Gasteiger partial charge in [-0.3, -0.25) is 4.79 Å². The molecule has 4 nitrogen and oxygen atoms in total. The van der Waals surface area contributed by atoms with E-state index in [1.54, 1.807) is 0 Å². The van der Waals surface area contributed by atoms with Crippen LogP contribution in [0.4, 0.5) is 0 Å². The second-order valence-corrected chi connectivity index (χ2v) is 6.71. The Kier molecular flexibility index (Phi) is 4.41. The first-order valence-corrected chi connectivity index (χ1v) is 8.21. The third-order valence-electron chi connectivity index (χ3n) is 3.63. The largest absolute Gasteiger partial charge is 0.457 e. The fourth-order valence-electron chi connectivity index (χ4n) is 2.43. The lowest BCUT2D eigenvalue weighted by atomic mass is 9.88. The predicted octanol–water partition coefficient (Wildman–Crippen LogP) is 3.41. The zero-order chi connectivity index (χ0) is 15.5. The molecule has 0 bridgehead atoms. The number of hydrogen-bond acceptors (Lipinski definition) is 4. The molecule has 0 spiro atoms. The highest BCUT2D eigenvalue weighted by molar-refractivity contribution is 7.33. The number of rotatable bonds is 4. The van der Waals surface area contributed by atoms with E-state index in [-0.39, 0.29) is 20.4 Å². The van der Waals surface area contributed by atoms with Crippen LogP contribution in [-0.2, 0) is 9.32 Å². The molecule has 1 heterocycles. The lowest BCUT2D eigenvalue weighted by molar-refractivity contribution is -0.134. The van der Waals surface area contributed by atoms with E-state index in [0.29, 0.717) is 18.0 Å². The molecule has 22 heavy (non-hydrogen) atoms. The van der Waals surface area contributed by atoms with Crippen LogP contribution in [0.2, 0.25) is 0 Å². The van der Waals surface area contributed by atoms with Crippen molar-refractivity contribution in [2.75, 3.05) is 6.54 Å². The van der Waals surface area contributed by atoms with Crippen LogP contribution in [0.5, 0.6) is 11.5 Å². The number of hydrogen-bond donors (Lipinski definition) is 1. The van der Waals surface area contributed by atoms with Gasteiger partial charge in [-0.2, -0.15) is 0 Å². The minimum atomic E-state index is -0.446. The summed E-state index contributed by atoms with van der Waals surface area (Å²) < 4.78 is 11.4. The molecule has 3 rings (SSSR count). The highest BCUT2D eigenvalue weighted by Crippen LogP contribution is 2.45. The number of ether oxygens (including phenoxy) is 1. The Morgan fingerprint density at radius 1 is 1.18 bits per heavy atom. The fourth-order valence-corrected chi connectivity index (χ4v) is 2.96. The lowest BCUT2D eigenvalue weighted by Gasteiger charge is -2.27. The summed E-state index contributed by atoms with van der Waals surface area (Å²) in [6.45, 7) is 2.48. The summed E-state index contributed by atoms with van der Waals surface area (Å²) in [5.41, 5.74) is 7.45. The monoisotopic (exact) mass is 315 g/mol.